The number of hydrogen-bond donors (Lipinski definition) is 0. The van der Waals surface area contributed by atoms with Gasteiger partial charge in [-0.1, -0.05) is 107 Å². The molecule has 0 unspecified atom stereocenters. The SMILES string of the molecule is C/C=C/CCCCCCCCCOP(=O)(OCCCCCCCCC/C=C/C)Oc1ccccc1. The highest BCUT2D eigenvalue weighted by atomic mass is 31.2. The fraction of sp³-hybridized carbons (Fsp3) is 0.667. The monoisotopic (exact) mass is 506 g/mol. The van der Waals surface area contributed by atoms with Crippen molar-refractivity contribution >= 4 is 7.82 Å². The number of unbranched alkanes of at least 4 members (excludes halogenated alkanes) is 14. The molecule has 1 aromatic rings. The van der Waals surface area contributed by atoms with Crippen LogP contribution >= 0.6 is 7.82 Å². The molecule has 35 heavy (non-hydrogen) atoms. The minimum absolute atomic E-state index is 0.401. The Morgan fingerprint density at radius 3 is 1.43 bits per heavy atom. The highest BCUT2D eigenvalue weighted by Gasteiger charge is 2.28. The van der Waals surface area contributed by atoms with E-state index in [1.807, 2.05) is 18.2 Å². The van der Waals surface area contributed by atoms with Crippen molar-refractivity contribution in [2.75, 3.05) is 13.2 Å². The molecular formula is C30H51O4P. The summed E-state index contributed by atoms with van der Waals surface area (Å²) in [6, 6.07) is 9.19. The average Bonchev–Trinajstić information content (AvgIpc) is 2.86. The van der Waals surface area contributed by atoms with Crippen molar-refractivity contribution in [3.05, 3.63) is 54.6 Å². The summed E-state index contributed by atoms with van der Waals surface area (Å²) < 4.78 is 30.3. The lowest BCUT2D eigenvalue weighted by molar-refractivity contribution is 0.150. The van der Waals surface area contributed by atoms with E-state index in [-0.39, 0.29) is 0 Å². The Morgan fingerprint density at radius 2 is 1.00 bits per heavy atom. The minimum atomic E-state index is -3.61. The van der Waals surface area contributed by atoms with Crippen molar-refractivity contribution in [3.63, 3.8) is 0 Å². The van der Waals surface area contributed by atoms with Crippen LogP contribution in [0, 0.1) is 0 Å². The van der Waals surface area contributed by atoms with Crippen molar-refractivity contribution in [3.8, 4) is 5.75 Å². The maximum Gasteiger partial charge on any atom is 0.530 e. The molecule has 0 heterocycles. The van der Waals surface area contributed by atoms with Gasteiger partial charge in [0.15, 0.2) is 0 Å². The van der Waals surface area contributed by atoms with Crippen molar-refractivity contribution < 1.29 is 18.1 Å². The van der Waals surface area contributed by atoms with Gasteiger partial charge in [-0.05, 0) is 64.5 Å². The molecule has 0 amide bonds. The molecule has 0 fully saturated rings. The van der Waals surface area contributed by atoms with Crippen LogP contribution in [0.5, 0.6) is 5.75 Å². The van der Waals surface area contributed by atoms with Crippen molar-refractivity contribution in [1.82, 2.24) is 0 Å². The molecule has 0 aliphatic heterocycles. The molecule has 0 aliphatic carbocycles. The van der Waals surface area contributed by atoms with E-state index in [0.29, 0.717) is 19.0 Å². The Morgan fingerprint density at radius 1 is 0.600 bits per heavy atom. The number of phosphoric acid groups is 1. The molecule has 1 aromatic carbocycles. The van der Waals surface area contributed by atoms with Crippen LogP contribution in [-0.4, -0.2) is 13.2 Å². The van der Waals surface area contributed by atoms with Crippen LogP contribution in [0.4, 0.5) is 0 Å². The topological polar surface area (TPSA) is 44.8 Å². The summed E-state index contributed by atoms with van der Waals surface area (Å²) >= 11 is 0. The Kier molecular flexibility index (Phi) is 20.9. The molecule has 0 saturated carbocycles. The first-order chi connectivity index (χ1) is 17.2. The van der Waals surface area contributed by atoms with Gasteiger partial charge in [-0.3, -0.25) is 9.05 Å². The highest BCUT2D eigenvalue weighted by molar-refractivity contribution is 7.48. The summed E-state index contributed by atoms with van der Waals surface area (Å²) in [5.41, 5.74) is 0. The summed E-state index contributed by atoms with van der Waals surface area (Å²) in [6.45, 7) is 4.96. The van der Waals surface area contributed by atoms with E-state index in [1.165, 1.54) is 77.0 Å². The molecule has 4 nitrogen and oxygen atoms in total. The van der Waals surface area contributed by atoms with Crippen molar-refractivity contribution in [1.29, 1.82) is 0 Å². The van der Waals surface area contributed by atoms with Crippen LogP contribution in [0.2, 0.25) is 0 Å². The molecule has 200 valence electrons. The third-order valence-corrected chi connectivity index (χ3v) is 7.39. The lowest BCUT2D eigenvalue weighted by Gasteiger charge is -2.18. The Labute approximate surface area is 216 Å². The number of rotatable bonds is 24. The van der Waals surface area contributed by atoms with Gasteiger partial charge >= 0.3 is 7.82 Å². The largest absolute Gasteiger partial charge is 0.530 e. The highest BCUT2D eigenvalue weighted by Crippen LogP contribution is 2.49. The van der Waals surface area contributed by atoms with Crippen molar-refractivity contribution in [2.45, 2.75) is 117 Å². The van der Waals surface area contributed by atoms with E-state index in [2.05, 4.69) is 38.2 Å². The Bertz CT molecular complexity index is 651. The standard InChI is InChI=1S/C30H51O4P/c1-3-5-7-9-11-13-15-17-19-24-28-32-35(31,34-30-26-22-21-23-27-30)33-29-25-20-18-16-14-12-10-8-6-4-2/h3-6,21-23,26-27H,7-20,24-25,28-29H2,1-2H3/b5-3+,6-4+. The van der Waals surface area contributed by atoms with Gasteiger partial charge in [0.25, 0.3) is 0 Å². The van der Waals surface area contributed by atoms with Gasteiger partial charge < -0.3 is 4.52 Å². The van der Waals surface area contributed by atoms with Crippen LogP contribution in [0.25, 0.3) is 0 Å². The van der Waals surface area contributed by atoms with Gasteiger partial charge in [0, 0.05) is 0 Å². The van der Waals surface area contributed by atoms with Crippen LogP contribution in [-0.2, 0) is 13.6 Å². The first-order valence-electron chi connectivity index (χ1n) is 14.1. The van der Waals surface area contributed by atoms with Gasteiger partial charge in [0.05, 0.1) is 13.2 Å². The number of para-hydroxylation sites is 1. The van der Waals surface area contributed by atoms with E-state index in [0.717, 1.165) is 25.7 Å². The lowest BCUT2D eigenvalue weighted by atomic mass is 10.1. The first-order valence-corrected chi connectivity index (χ1v) is 15.5. The van der Waals surface area contributed by atoms with E-state index in [4.69, 9.17) is 13.6 Å². The first kappa shape index (κ1) is 31.7. The van der Waals surface area contributed by atoms with Gasteiger partial charge in [-0.2, -0.15) is 0 Å². The second-order valence-electron chi connectivity index (χ2n) is 9.18. The third kappa shape index (κ3) is 19.5. The Balaban J connectivity index is 2.21. The quantitative estimate of drug-likeness (QED) is 0.0794. The minimum Gasteiger partial charge on any atom is -0.404 e. The van der Waals surface area contributed by atoms with Crippen molar-refractivity contribution in [2.24, 2.45) is 0 Å². The lowest BCUT2D eigenvalue weighted by Crippen LogP contribution is -2.05. The fourth-order valence-corrected chi connectivity index (χ4v) is 5.15. The summed E-state index contributed by atoms with van der Waals surface area (Å²) in [4.78, 5) is 0. The zero-order valence-electron chi connectivity index (χ0n) is 22.5. The van der Waals surface area contributed by atoms with Crippen LogP contribution in [0.3, 0.4) is 0 Å². The van der Waals surface area contributed by atoms with E-state index in [1.54, 1.807) is 12.1 Å². The molecular weight excluding hydrogens is 455 g/mol. The van der Waals surface area contributed by atoms with Crippen LogP contribution in [0.15, 0.2) is 54.6 Å². The normalized spacial score (nSPS) is 12.2. The second kappa shape index (κ2) is 23.1. The van der Waals surface area contributed by atoms with E-state index in [9.17, 15) is 4.57 Å². The molecule has 5 heteroatoms. The summed E-state index contributed by atoms with van der Waals surface area (Å²) in [5, 5.41) is 0. The number of allylic oxidation sites excluding steroid dienone is 4. The smallest absolute Gasteiger partial charge is 0.404 e. The zero-order chi connectivity index (χ0) is 25.3. The second-order valence-corrected chi connectivity index (χ2v) is 10.8. The van der Waals surface area contributed by atoms with Gasteiger partial charge in [-0.15, -0.1) is 0 Å². The molecule has 0 aliphatic rings. The molecule has 1 rings (SSSR count). The molecule has 0 bridgehead atoms. The van der Waals surface area contributed by atoms with Crippen LogP contribution in [0.1, 0.15) is 117 Å². The number of hydrogen-bond acceptors (Lipinski definition) is 4. The molecule has 0 atom stereocenters. The van der Waals surface area contributed by atoms with E-state index >= 15 is 0 Å². The molecule has 0 aromatic heterocycles. The number of benzene rings is 1. The summed E-state index contributed by atoms with van der Waals surface area (Å²) in [5.74, 6) is 0.520. The molecule has 0 N–H and O–H groups in total. The molecule has 0 spiro atoms. The predicted molar refractivity (Wildman–Crippen MR) is 150 cm³/mol. The maximum atomic E-state index is 13.2. The van der Waals surface area contributed by atoms with Gasteiger partial charge in [-0.25, -0.2) is 4.57 Å². The van der Waals surface area contributed by atoms with Crippen LogP contribution < -0.4 is 4.52 Å². The number of phosphoric ester groups is 1. The average molecular weight is 507 g/mol. The fourth-order valence-electron chi connectivity index (χ4n) is 3.88. The summed E-state index contributed by atoms with van der Waals surface area (Å²) in [6.07, 6.45) is 27.6. The Hall–Kier alpha value is -1.35. The summed E-state index contributed by atoms with van der Waals surface area (Å²) in [7, 11) is -3.61. The third-order valence-electron chi connectivity index (χ3n) is 5.96. The molecule has 0 saturated heterocycles. The van der Waals surface area contributed by atoms with E-state index < -0.39 is 7.82 Å². The van der Waals surface area contributed by atoms with Gasteiger partial charge in [0.1, 0.15) is 5.75 Å². The predicted octanol–water partition coefficient (Wildman–Crippen LogP) is 10.6. The van der Waals surface area contributed by atoms with Gasteiger partial charge in [0.2, 0.25) is 0 Å². The zero-order valence-corrected chi connectivity index (χ0v) is 23.4. The maximum absolute atomic E-state index is 13.2. The molecule has 0 radical (unpaired) electrons.